The molecule has 0 bridgehead atoms. The Kier molecular flexibility index (Phi) is 42.2. The van der Waals surface area contributed by atoms with E-state index in [1.165, 1.54) is 193 Å². The molecule has 0 rings (SSSR count). The summed E-state index contributed by atoms with van der Waals surface area (Å²) in [5, 5.41) is 0. The van der Waals surface area contributed by atoms with Crippen molar-refractivity contribution in [2.45, 2.75) is 232 Å². The minimum Gasteiger partial charge on any atom is -0.726 e. The van der Waals surface area contributed by atoms with Crippen LogP contribution in [-0.2, 0) is 14.6 Å². The van der Waals surface area contributed by atoms with Gasteiger partial charge in [0.2, 0.25) is 10.4 Å². The van der Waals surface area contributed by atoms with Gasteiger partial charge in [-0.05, 0) is 18.8 Å². The summed E-state index contributed by atoms with van der Waals surface area (Å²) >= 11 is 0. The van der Waals surface area contributed by atoms with Crippen molar-refractivity contribution in [2.75, 3.05) is 6.61 Å². The van der Waals surface area contributed by atoms with Gasteiger partial charge in [-0.25, -0.2) is 8.42 Å². The van der Waals surface area contributed by atoms with E-state index < -0.39 is 10.4 Å². The first kappa shape index (κ1) is 47.6. The molecule has 1 atom stereocenters. The van der Waals surface area contributed by atoms with E-state index >= 15 is 0 Å². The van der Waals surface area contributed by atoms with Crippen LogP contribution in [0.25, 0.3) is 0 Å². The van der Waals surface area contributed by atoms with E-state index in [9.17, 15) is 13.0 Å². The van der Waals surface area contributed by atoms with Gasteiger partial charge in [-0.15, -0.1) is 0 Å². The average molecular weight is 669 g/mol. The summed E-state index contributed by atoms with van der Waals surface area (Å²) in [6.45, 7) is 4.63. The van der Waals surface area contributed by atoms with Crippen molar-refractivity contribution in [3.63, 3.8) is 0 Å². The normalized spacial score (nSPS) is 12.4. The molecule has 0 saturated heterocycles. The third-order valence-corrected chi connectivity index (χ3v) is 9.80. The van der Waals surface area contributed by atoms with E-state index in [4.69, 9.17) is 0 Å². The molecule has 0 amide bonds. The Morgan fingerprint density at radius 3 is 0.818 bits per heavy atom. The summed E-state index contributed by atoms with van der Waals surface area (Å²) < 4.78 is 37.7. The number of rotatable bonds is 37. The molecular weight excluding hydrogens is 592 g/mol. The summed E-state index contributed by atoms with van der Waals surface area (Å²) in [5.74, 6) is 0.196. The molecule has 0 aliphatic heterocycles. The van der Waals surface area contributed by atoms with Crippen molar-refractivity contribution < 1.29 is 68.5 Å². The third-order valence-electron chi connectivity index (χ3n) is 9.38. The van der Waals surface area contributed by atoms with Crippen LogP contribution in [-0.4, -0.2) is 19.6 Å². The predicted octanol–water partition coefficient (Wildman–Crippen LogP) is 10.4. The number of hydrogen-bond acceptors (Lipinski definition) is 4. The van der Waals surface area contributed by atoms with E-state index in [1.807, 2.05) is 0 Å². The summed E-state index contributed by atoms with van der Waals surface area (Å²) in [7, 11) is -4.59. The van der Waals surface area contributed by atoms with Crippen LogP contribution in [0.1, 0.15) is 232 Å². The summed E-state index contributed by atoms with van der Waals surface area (Å²) in [6, 6.07) is 0. The quantitative estimate of drug-likeness (QED) is 0.0286. The van der Waals surface area contributed by atoms with E-state index in [2.05, 4.69) is 18.0 Å². The Bertz CT molecular complexity index is 628. The van der Waals surface area contributed by atoms with E-state index in [-0.39, 0.29) is 63.9 Å². The monoisotopic (exact) mass is 669 g/mol. The average Bonchev–Trinajstić information content (AvgIpc) is 2.98. The zero-order valence-corrected chi connectivity index (χ0v) is 34.3. The SMILES string of the molecule is CCCCCCCCCCCCCCCCCCCC(CCCCCCCCCCCCCCCCC)COS(=O)(=O)[O-].[K+]. The van der Waals surface area contributed by atoms with Crippen LogP contribution in [0.4, 0.5) is 0 Å². The first-order valence-electron chi connectivity index (χ1n) is 19.6. The van der Waals surface area contributed by atoms with Crippen molar-refractivity contribution in [1.82, 2.24) is 0 Å². The molecule has 260 valence electrons. The molecule has 0 heterocycles. The van der Waals surface area contributed by atoms with Crippen molar-refractivity contribution in [2.24, 2.45) is 5.92 Å². The van der Waals surface area contributed by atoms with E-state index in [0.717, 1.165) is 25.7 Å². The van der Waals surface area contributed by atoms with E-state index in [0.29, 0.717) is 0 Å². The Hall–Kier alpha value is 1.51. The maximum atomic E-state index is 11.0. The molecular formula is C38H77KO4S. The molecule has 0 aliphatic carbocycles. The fourth-order valence-electron chi connectivity index (χ4n) is 6.45. The van der Waals surface area contributed by atoms with Crippen molar-refractivity contribution in [3.8, 4) is 0 Å². The topological polar surface area (TPSA) is 66.4 Å². The zero-order chi connectivity index (χ0) is 31.5. The number of hydrogen-bond donors (Lipinski definition) is 0. The molecule has 0 spiro atoms. The van der Waals surface area contributed by atoms with Crippen LogP contribution in [0.15, 0.2) is 0 Å². The van der Waals surface area contributed by atoms with Crippen LogP contribution < -0.4 is 51.4 Å². The van der Waals surface area contributed by atoms with Crippen LogP contribution in [0.2, 0.25) is 0 Å². The molecule has 0 aromatic heterocycles. The Balaban J connectivity index is 0. The van der Waals surface area contributed by atoms with Gasteiger partial charge < -0.3 is 4.55 Å². The van der Waals surface area contributed by atoms with Crippen LogP contribution in [0, 0.1) is 5.92 Å². The first-order chi connectivity index (χ1) is 21.0. The fourth-order valence-corrected chi connectivity index (χ4v) is 6.81. The predicted molar refractivity (Wildman–Crippen MR) is 187 cm³/mol. The van der Waals surface area contributed by atoms with Crippen LogP contribution >= 0.6 is 0 Å². The maximum Gasteiger partial charge on any atom is 1.00 e. The Labute approximate surface area is 320 Å². The molecule has 6 heteroatoms. The third kappa shape index (κ3) is 41.5. The zero-order valence-electron chi connectivity index (χ0n) is 30.4. The van der Waals surface area contributed by atoms with Crippen molar-refractivity contribution in [3.05, 3.63) is 0 Å². The standard InChI is InChI=1S/C38H78O4S.K/c1-3-5-7-9-11-13-15-17-19-20-22-24-26-28-30-32-34-36-38(37-42-43(39,40)41)35-33-31-29-27-25-23-21-18-16-14-12-10-8-6-4-2;/h38H,3-37H2,1-2H3,(H,39,40,41);/q;+1/p-1. The molecule has 0 aliphatic rings. The Morgan fingerprint density at radius 1 is 0.409 bits per heavy atom. The minimum atomic E-state index is -4.59. The van der Waals surface area contributed by atoms with Gasteiger partial charge in [-0.2, -0.15) is 0 Å². The second-order valence-corrected chi connectivity index (χ2v) is 14.8. The van der Waals surface area contributed by atoms with E-state index in [1.54, 1.807) is 0 Å². The van der Waals surface area contributed by atoms with Crippen molar-refractivity contribution >= 4 is 10.4 Å². The van der Waals surface area contributed by atoms with Gasteiger partial charge in [-0.3, -0.25) is 4.18 Å². The summed E-state index contributed by atoms with van der Waals surface area (Å²) in [4.78, 5) is 0. The second kappa shape index (κ2) is 38.9. The Morgan fingerprint density at radius 2 is 0.614 bits per heavy atom. The molecule has 0 radical (unpaired) electrons. The van der Waals surface area contributed by atoms with Gasteiger partial charge in [0, 0.05) is 0 Å². The second-order valence-electron chi connectivity index (χ2n) is 13.7. The first-order valence-corrected chi connectivity index (χ1v) is 20.9. The molecule has 0 aromatic rings. The molecule has 44 heavy (non-hydrogen) atoms. The molecule has 0 N–H and O–H groups in total. The van der Waals surface area contributed by atoms with Gasteiger partial charge in [0.25, 0.3) is 0 Å². The largest absolute Gasteiger partial charge is 1.00 e. The maximum absolute atomic E-state index is 11.0. The molecule has 0 saturated carbocycles. The minimum absolute atomic E-state index is 0. The summed E-state index contributed by atoms with van der Waals surface area (Å²) in [5.41, 5.74) is 0. The summed E-state index contributed by atoms with van der Waals surface area (Å²) in [6.07, 6.45) is 45.3. The molecule has 0 fully saturated rings. The van der Waals surface area contributed by atoms with Gasteiger partial charge in [0.1, 0.15) is 0 Å². The van der Waals surface area contributed by atoms with Crippen molar-refractivity contribution in [1.29, 1.82) is 0 Å². The van der Waals surface area contributed by atoms with Gasteiger partial charge in [0.15, 0.2) is 0 Å². The fraction of sp³-hybridized carbons (Fsp3) is 1.00. The van der Waals surface area contributed by atoms with Gasteiger partial charge in [0.05, 0.1) is 6.61 Å². The van der Waals surface area contributed by atoms with Crippen LogP contribution in [0.3, 0.4) is 0 Å². The van der Waals surface area contributed by atoms with Crippen LogP contribution in [0.5, 0.6) is 0 Å². The number of unbranched alkanes of at least 4 members (excludes halogenated alkanes) is 30. The molecule has 1 unspecified atom stereocenters. The van der Waals surface area contributed by atoms with Gasteiger partial charge in [-0.1, -0.05) is 219 Å². The smallest absolute Gasteiger partial charge is 0.726 e. The molecule has 0 aromatic carbocycles. The molecule has 4 nitrogen and oxygen atoms in total. The van der Waals surface area contributed by atoms with Gasteiger partial charge >= 0.3 is 51.4 Å².